The Balaban J connectivity index is 1.83. The highest BCUT2D eigenvalue weighted by molar-refractivity contribution is 5.82. The van der Waals surface area contributed by atoms with Crippen LogP contribution in [0.3, 0.4) is 0 Å². The van der Waals surface area contributed by atoms with Gasteiger partial charge in [-0.3, -0.25) is 4.79 Å². The van der Waals surface area contributed by atoms with E-state index in [1.807, 2.05) is 4.90 Å². The average Bonchev–Trinajstić information content (AvgIpc) is 2.40. The number of nitrogens with one attached hydrogen (secondary N) is 1. The van der Waals surface area contributed by atoms with Crippen LogP contribution >= 0.6 is 0 Å². The van der Waals surface area contributed by atoms with Gasteiger partial charge in [-0.25, -0.2) is 0 Å². The summed E-state index contributed by atoms with van der Waals surface area (Å²) in [5, 5.41) is 3.39. The zero-order valence-corrected chi connectivity index (χ0v) is 11.7. The van der Waals surface area contributed by atoms with E-state index in [1.165, 1.54) is 12.8 Å². The topological polar surface area (TPSA) is 41.6 Å². The molecule has 0 bridgehead atoms. The van der Waals surface area contributed by atoms with Crippen molar-refractivity contribution in [2.75, 3.05) is 33.4 Å². The minimum absolute atomic E-state index is 0.0534. The molecule has 0 saturated carbocycles. The fourth-order valence-corrected chi connectivity index (χ4v) is 3.13. The van der Waals surface area contributed by atoms with Crippen molar-refractivity contribution in [2.24, 2.45) is 11.8 Å². The fourth-order valence-electron chi connectivity index (χ4n) is 3.13. The average molecular weight is 254 g/mol. The third-order valence-corrected chi connectivity index (χ3v) is 4.36. The van der Waals surface area contributed by atoms with Gasteiger partial charge < -0.3 is 15.0 Å². The molecule has 4 nitrogen and oxygen atoms in total. The van der Waals surface area contributed by atoms with Gasteiger partial charge in [-0.05, 0) is 44.1 Å². The first-order valence-electron chi connectivity index (χ1n) is 7.23. The minimum Gasteiger partial charge on any atom is -0.384 e. The molecule has 4 heteroatoms. The van der Waals surface area contributed by atoms with Gasteiger partial charge in [-0.2, -0.15) is 0 Å². The summed E-state index contributed by atoms with van der Waals surface area (Å²) in [4.78, 5) is 14.5. The maximum absolute atomic E-state index is 12.5. The summed E-state index contributed by atoms with van der Waals surface area (Å²) < 4.78 is 5.19. The molecule has 2 unspecified atom stereocenters. The van der Waals surface area contributed by atoms with Crippen LogP contribution in [0.25, 0.3) is 0 Å². The van der Waals surface area contributed by atoms with Crippen LogP contribution < -0.4 is 5.32 Å². The molecule has 0 aromatic rings. The summed E-state index contributed by atoms with van der Waals surface area (Å²) in [6.07, 6.45) is 4.53. The molecule has 1 amide bonds. The molecule has 2 rings (SSSR count). The highest BCUT2D eigenvalue weighted by Gasteiger charge is 2.32. The predicted octanol–water partition coefficient (Wildman–Crippen LogP) is 1.26. The van der Waals surface area contributed by atoms with E-state index in [1.54, 1.807) is 7.11 Å². The number of hydrogen-bond acceptors (Lipinski definition) is 3. The Morgan fingerprint density at radius 2 is 2.06 bits per heavy atom. The van der Waals surface area contributed by atoms with Gasteiger partial charge in [0.05, 0.1) is 6.04 Å². The van der Waals surface area contributed by atoms with Crippen molar-refractivity contribution in [3.05, 3.63) is 0 Å². The van der Waals surface area contributed by atoms with Crippen LogP contribution in [0.4, 0.5) is 0 Å². The molecule has 18 heavy (non-hydrogen) atoms. The standard InChI is InChI=1S/C14H26N2O2/c1-11-4-3-7-15-13(11)14(17)16-8-5-12(6-9-16)10-18-2/h11-13,15H,3-10H2,1-2H3. The number of likely N-dealkylation sites (tertiary alicyclic amines) is 1. The summed E-state index contributed by atoms with van der Waals surface area (Å²) in [5.41, 5.74) is 0. The van der Waals surface area contributed by atoms with Gasteiger partial charge in [-0.15, -0.1) is 0 Å². The lowest BCUT2D eigenvalue weighted by atomic mass is 9.90. The van der Waals surface area contributed by atoms with Crippen molar-refractivity contribution in [1.82, 2.24) is 10.2 Å². The zero-order chi connectivity index (χ0) is 13.0. The van der Waals surface area contributed by atoms with Gasteiger partial charge in [0.2, 0.25) is 5.91 Å². The summed E-state index contributed by atoms with van der Waals surface area (Å²) in [6.45, 7) is 5.81. The van der Waals surface area contributed by atoms with Crippen LogP contribution in [0.2, 0.25) is 0 Å². The number of carbonyl (C=O) groups excluding carboxylic acids is 1. The Bertz CT molecular complexity index is 275. The minimum atomic E-state index is 0.0534. The SMILES string of the molecule is COCC1CCN(C(=O)C2NCCCC2C)CC1. The number of nitrogens with zero attached hydrogens (tertiary/aromatic N) is 1. The first-order chi connectivity index (χ1) is 8.72. The molecule has 0 aliphatic carbocycles. The molecule has 0 spiro atoms. The van der Waals surface area contributed by atoms with Crippen LogP contribution in [0.5, 0.6) is 0 Å². The van der Waals surface area contributed by atoms with E-state index in [4.69, 9.17) is 4.74 Å². The van der Waals surface area contributed by atoms with Gasteiger partial charge in [0.25, 0.3) is 0 Å². The second kappa shape index (κ2) is 6.53. The number of methoxy groups -OCH3 is 1. The quantitative estimate of drug-likeness (QED) is 0.824. The van der Waals surface area contributed by atoms with Gasteiger partial charge in [0.1, 0.15) is 0 Å². The lowest BCUT2D eigenvalue weighted by Gasteiger charge is -2.37. The van der Waals surface area contributed by atoms with Crippen molar-refractivity contribution in [3.8, 4) is 0 Å². The number of piperidine rings is 2. The summed E-state index contributed by atoms with van der Waals surface area (Å²) >= 11 is 0. The molecule has 0 aromatic heterocycles. The molecule has 2 heterocycles. The van der Waals surface area contributed by atoms with Gasteiger partial charge >= 0.3 is 0 Å². The van der Waals surface area contributed by atoms with E-state index in [9.17, 15) is 4.79 Å². The van der Waals surface area contributed by atoms with Gasteiger partial charge in [0.15, 0.2) is 0 Å². The van der Waals surface area contributed by atoms with E-state index >= 15 is 0 Å². The first kappa shape index (κ1) is 13.8. The van der Waals surface area contributed by atoms with Crippen LogP contribution in [0.1, 0.15) is 32.6 Å². The Morgan fingerprint density at radius 1 is 1.33 bits per heavy atom. The van der Waals surface area contributed by atoms with Crippen molar-refractivity contribution < 1.29 is 9.53 Å². The highest BCUT2D eigenvalue weighted by atomic mass is 16.5. The Labute approximate surface area is 110 Å². The first-order valence-corrected chi connectivity index (χ1v) is 7.23. The molecule has 0 radical (unpaired) electrons. The van der Waals surface area contributed by atoms with Crippen LogP contribution in [0, 0.1) is 11.8 Å². The lowest BCUT2D eigenvalue weighted by molar-refractivity contribution is -0.137. The molecule has 1 N–H and O–H groups in total. The van der Waals surface area contributed by atoms with Gasteiger partial charge in [-0.1, -0.05) is 6.92 Å². The third-order valence-electron chi connectivity index (χ3n) is 4.36. The van der Waals surface area contributed by atoms with E-state index in [0.29, 0.717) is 17.7 Å². The Morgan fingerprint density at radius 3 is 2.67 bits per heavy atom. The molecule has 2 atom stereocenters. The second-order valence-electron chi connectivity index (χ2n) is 5.78. The summed E-state index contributed by atoms with van der Waals surface area (Å²) in [5.74, 6) is 1.43. The largest absolute Gasteiger partial charge is 0.384 e. The Hall–Kier alpha value is -0.610. The maximum atomic E-state index is 12.5. The van der Waals surface area contributed by atoms with Crippen molar-refractivity contribution >= 4 is 5.91 Å². The number of rotatable bonds is 3. The zero-order valence-electron chi connectivity index (χ0n) is 11.7. The lowest BCUT2D eigenvalue weighted by Crippen LogP contribution is -2.54. The molecule has 2 aliphatic heterocycles. The predicted molar refractivity (Wildman–Crippen MR) is 71.4 cm³/mol. The Kier molecular flexibility index (Phi) is 5.01. The molecular formula is C14H26N2O2. The molecule has 104 valence electrons. The van der Waals surface area contributed by atoms with Crippen LogP contribution in [-0.2, 0) is 9.53 Å². The van der Waals surface area contributed by atoms with Gasteiger partial charge in [0, 0.05) is 26.8 Å². The van der Waals surface area contributed by atoms with E-state index < -0.39 is 0 Å². The molecule has 0 aromatic carbocycles. The summed E-state index contributed by atoms with van der Waals surface area (Å²) in [7, 11) is 1.76. The molecular weight excluding hydrogens is 228 g/mol. The smallest absolute Gasteiger partial charge is 0.239 e. The monoisotopic (exact) mass is 254 g/mol. The van der Waals surface area contributed by atoms with Crippen LogP contribution in [-0.4, -0.2) is 50.2 Å². The van der Waals surface area contributed by atoms with E-state index in [2.05, 4.69) is 12.2 Å². The third kappa shape index (κ3) is 3.23. The second-order valence-corrected chi connectivity index (χ2v) is 5.78. The summed E-state index contributed by atoms with van der Waals surface area (Å²) in [6, 6.07) is 0.0534. The fraction of sp³-hybridized carbons (Fsp3) is 0.929. The molecule has 2 aliphatic rings. The van der Waals surface area contributed by atoms with Crippen molar-refractivity contribution in [1.29, 1.82) is 0 Å². The van der Waals surface area contributed by atoms with Crippen molar-refractivity contribution in [3.63, 3.8) is 0 Å². The van der Waals surface area contributed by atoms with E-state index in [-0.39, 0.29) is 6.04 Å². The number of hydrogen-bond donors (Lipinski definition) is 1. The normalized spacial score (nSPS) is 30.4. The molecule has 2 saturated heterocycles. The van der Waals surface area contributed by atoms with E-state index in [0.717, 1.165) is 39.1 Å². The number of amides is 1. The maximum Gasteiger partial charge on any atom is 0.239 e. The highest BCUT2D eigenvalue weighted by Crippen LogP contribution is 2.22. The molecule has 2 fully saturated rings. The number of ether oxygens (including phenoxy) is 1. The van der Waals surface area contributed by atoms with Crippen molar-refractivity contribution in [2.45, 2.75) is 38.6 Å². The van der Waals surface area contributed by atoms with Crippen LogP contribution in [0.15, 0.2) is 0 Å². The number of carbonyl (C=O) groups is 1.